The van der Waals surface area contributed by atoms with E-state index in [1.165, 1.54) is 18.1 Å². The topological polar surface area (TPSA) is 79.7 Å². The fourth-order valence-corrected chi connectivity index (χ4v) is 3.36. The lowest BCUT2D eigenvalue weighted by Crippen LogP contribution is -2.30. The SMILES string of the molecule is CCCN1C(=O)C(=O)/C(=C(/O)c2cc(OC)ccc2Cl)C1c1ccccn1. The average molecular weight is 387 g/mol. The molecule has 1 aliphatic rings. The molecule has 1 aliphatic heterocycles. The third kappa shape index (κ3) is 3.40. The lowest BCUT2D eigenvalue weighted by atomic mass is 9.98. The molecule has 0 saturated carbocycles. The molecule has 2 heterocycles. The first kappa shape index (κ1) is 18.9. The number of likely N-dealkylation sites (tertiary alicyclic amines) is 1. The van der Waals surface area contributed by atoms with Gasteiger partial charge in [0.1, 0.15) is 17.6 Å². The van der Waals surface area contributed by atoms with Gasteiger partial charge in [-0.05, 0) is 36.8 Å². The van der Waals surface area contributed by atoms with E-state index in [9.17, 15) is 14.7 Å². The van der Waals surface area contributed by atoms with Crippen molar-refractivity contribution in [2.24, 2.45) is 0 Å². The quantitative estimate of drug-likeness (QED) is 0.482. The van der Waals surface area contributed by atoms with Crippen LogP contribution in [0.1, 0.15) is 30.6 Å². The van der Waals surface area contributed by atoms with Gasteiger partial charge in [0, 0.05) is 18.3 Å². The van der Waals surface area contributed by atoms with Crippen molar-refractivity contribution in [1.82, 2.24) is 9.88 Å². The molecule has 0 spiro atoms. The molecule has 1 fully saturated rings. The molecule has 1 aromatic carbocycles. The van der Waals surface area contributed by atoms with Crippen molar-refractivity contribution in [2.75, 3.05) is 13.7 Å². The predicted molar refractivity (Wildman–Crippen MR) is 102 cm³/mol. The van der Waals surface area contributed by atoms with E-state index in [-0.39, 0.29) is 21.9 Å². The molecule has 1 aromatic heterocycles. The second-order valence-electron chi connectivity index (χ2n) is 6.09. The van der Waals surface area contributed by atoms with E-state index in [0.717, 1.165) is 0 Å². The highest BCUT2D eigenvalue weighted by Gasteiger charge is 2.46. The van der Waals surface area contributed by atoms with E-state index in [2.05, 4.69) is 4.98 Å². The molecule has 140 valence electrons. The van der Waals surface area contributed by atoms with Gasteiger partial charge in [0.15, 0.2) is 0 Å². The average Bonchev–Trinajstić information content (AvgIpc) is 2.94. The van der Waals surface area contributed by atoms with E-state index in [4.69, 9.17) is 16.3 Å². The Kier molecular flexibility index (Phi) is 5.46. The van der Waals surface area contributed by atoms with Crippen molar-refractivity contribution in [2.45, 2.75) is 19.4 Å². The number of halogens is 1. The smallest absolute Gasteiger partial charge is 0.295 e. The van der Waals surface area contributed by atoms with Gasteiger partial charge < -0.3 is 14.7 Å². The van der Waals surface area contributed by atoms with Gasteiger partial charge in [-0.1, -0.05) is 24.6 Å². The zero-order chi connectivity index (χ0) is 19.6. The monoisotopic (exact) mass is 386 g/mol. The number of carbonyl (C=O) groups is 2. The highest BCUT2D eigenvalue weighted by Crippen LogP contribution is 2.40. The van der Waals surface area contributed by atoms with Crippen LogP contribution in [0.5, 0.6) is 5.75 Å². The first-order valence-corrected chi connectivity index (χ1v) is 8.90. The summed E-state index contributed by atoms with van der Waals surface area (Å²) in [5.41, 5.74) is 0.708. The molecule has 1 amide bonds. The molecule has 7 heteroatoms. The number of nitrogens with zero attached hydrogens (tertiary/aromatic N) is 2. The molecular formula is C20H19ClN2O4. The van der Waals surface area contributed by atoms with Crippen molar-refractivity contribution >= 4 is 29.1 Å². The van der Waals surface area contributed by atoms with Gasteiger partial charge in [0.05, 0.1) is 23.4 Å². The summed E-state index contributed by atoms with van der Waals surface area (Å²) in [6.07, 6.45) is 2.25. The Hall–Kier alpha value is -2.86. The van der Waals surface area contributed by atoms with Gasteiger partial charge in [-0.3, -0.25) is 14.6 Å². The van der Waals surface area contributed by atoms with Gasteiger partial charge in [-0.15, -0.1) is 0 Å². The molecular weight excluding hydrogens is 368 g/mol. The van der Waals surface area contributed by atoms with Crippen molar-refractivity contribution in [3.63, 3.8) is 0 Å². The Labute approximate surface area is 162 Å². The van der Waals surface area contributed by atoms with E-state index in [1.54, 1.807) is 36.5 Å². The molecule has 27 heavy (non-hydrogen) atoms. The molecule has 0 aliphatic carbocycles. The Morgan fingerprint density at radius 1 is 1.30 bits per heavy atom. The highest BCUT2D eigenvalue weighted by molar-refractivity contribution is 6.47. The van der Waals surface area contributed by atoms with Crippen molar-refractivity contribution in [3.05, 3.63) is 64.4 Å². The Morgan fingerprint density at radius 3 is 2.70 bits per heavy atom. The van der Waals surface area contributed by atoms with Crippen molar-refractivity contribution in [1.29, 1.82) is 0 Å². The molecule has 1 N–H and O–H groups in total. The minimum atomic E-state index is -0.770. The van der Waals surface area contributed by atoms with Gasteiger partial charge >= 0.3 is 0 Å². The van der Waals surface area contributed by atoms with Gasteiger partial charge in [0.2, 0.25) is 0 Å². The summed E-state index contributed by atoms with van der Waals surface area (Å²) in [7, 11) is 1.49. The molecule has 2 aromatic rings. The largest absolute Gasteiger partial charge is 0.507 e. The fourth-order valence-electron chi connectivity index (χ4n) is 3.15. The number of ketones is 1. The Morgan fingerprint density at radius 2 is 2.07 bits per heavy atom. The summed E-state index contributed by atoms with van der Waals surface area (Å²) in [5, 5.41) is 11.2. The van der Waals surface area contributed by atoms with Crippen LogP contribution in [0.4, 0.5) is 0 Å². The highest BCUT2D eigenvalue weighted by atomic mass is 35.5. The Balaban J connectivity index is 2.22. The first-order chi connectivity index (χ1) is 13.0. The lowest BCUT2D eigenvalue weighted by molar-refractivity contribution is -0.139. The number of hydrogen-bond acceptors (Lipinski definition) is 5. The third-order valence-electron chi connectivity index (χ3n) is 4.40. The van der Waals surface area contributed by atoms with Crippen molar-refractivity contribution < 1.29 is 19.4 Å². The van der Waals surface area contributed by atoms with Crippen LogP contribution in [0.3, 0.4) is 0 Å². The van der Waals surface area contributed by atoms with Crippen LogP contribution < -0.4 is 4.74 Å². The summed E-state index contributed by atoms with van der Waals surface area (Å²) in [4.78, 5) is 31.1. The maximum Gasteiger partial charge on any atom is 0.295 e. The van der Waals surface area contributed by atoms with Crippen LogP contribution in [0.15, 0.2) is 48.2 Å². The molecule has 6 nitrogen and oxygen atoms in total. The summed E-state index contributed by atoms with van der Waals surface area (Å²) >= 11 is 6.23. The second-order valence-corrected chi connectivity index (χ2v) is 6.50. The van der Waals surface area contributed by atoms with Crippen LogP contribution in [-0.2, 0) is 9.59 Å². The predicted octanol–water partition coefficient (Wildman–Crippen LogP) is 3.58. The number of aliphatic hydroxyl groups is 1. The number of ether oxygens (including phenoxy) is 1. The van der Waals surface area contributed by atoms with Gasteiger partial charge in [0.25, 0.3) is 11.7 Å². The standard InChI is InChI=1S/C20H19ClN2O4/c1-3-10-23-17(15-6-4-5-9-22-15)16(19(25)20(23)26)18(24)13-11-12(27-2)7-8-14(13)21/h4-9,11,17,24H,3,10H2,1-2H3/b18-16+. The lowest BCUT2D eigenvalue weighted by Gasteiger charge is -2.24. The van der Waals surface area contributed by atoms with E-state index < -0.39 is 17.7 Å². The first-order valence-electron chi connectivity index (χ1n) is 8.52. The molecule has 1 saturated heterocycles. The van der Waals surface area contributed by atoms with E-state index in [1.807, 2.05) is 6.92 Å². The molecule has 3 rings (SSSR count). The zero-order valence-corrected chi connectivity index (χ0v) is 15.7. The Bertz CT molecular complexity index is 911. The van der Waals surface area contributed by atoms with Crippen LogP contribution in [0.2, 0.25) is 5.02 Å². The van der Waals surface area contributed by atoms with E-state index in [0.29, 0.717) is 24.4 Å². The number of amides is 1. The minimum absolute atomic E-state index is 0.0256. The second kappa shape index (κ2) is 7.80. The summed E-state index contributed by atoms with van der Waals surface area (Å²) in [6, 6.07) is 9.20. The van der Waals surface area contributed by atoms with Gasteiger partial charge in [-0.25, -0.2) is 0 Å². The molecule has 1 atom stereocenters. The van der Waals surface area contributed by atoms with Gasteiger partial charge in [-0.2, -0.15) is 0 Å². The normalized spacial score (nSPS) is 18.8. The maximum absolute atomic E-state index is 12.7. The van der Waals surface area contributed by atoms with Crippen LogP contribution in [-0.4, -0.2) is 40.3 Å². The van der Waals surface area contributed by atoms with Crippen molar-refractivity contribution in [3.8, 4) is 5.75 Å². The zero-order valence-electron chi connectivity index (χ0n) is 15.0. The summed E-state index contributed by atoms with van der Waals surface area (Å²) in [6.45, 7) is 2.28. The number of Topliss-reactive ketones (excluding diaryl/α,β-unsaturated/α-hetero) is 1. The number of pyridine rings is 1. The summed E-state index contributed by atoms with van der Waals surface area (Å²) in [5.74, 6) is -1.28. The number of benzene rings is 1. The fraction of sp³-hybridized carbons (Fsp3) is 0.250. The van der Waals surface area contributed by atoms with Crippen LogP contribution in [0.25, 0.3) is 5.76 Å². The number of methoxy groups -OCH3 is 1. The molecule has 1 unspecified atom stereocenters. The molecule has 0 bridgehead atoms. The molecule has 0 radical (unpaired) electrons. The number of hydrogen-bond donors (Lipinski definition) is 1. The number of rotatable bonds is 5. The van der Waals surface area contributed by atoms with Crippen LogP contribution in [0, 0.1) is 0 Å². The maximum atomic E-state index is 12.7. The minimum Gasteiger partial charge on any atom is -0.507 e. The number of aromatic nitrogens is 1. The number of aliphatic hydroxyl groups excluding tert-OH is 1. The summed E-state index contributed by atoms with van der Waals surface area (Å²) < 4.78 is 5.17. The van der Waals surface area contributed by atoms with E-state index >= 15 is 0 Å². The van der Waals surface area contributed by atoms with Crippen LogP contribution >= 0.6 is 11.6 Å². The number of carbonyl (C=O) groups excluding carboxylic acids is 2. The third-order valence-corrected chi connectivity index (χ3v) is 4.73.